The molecular weight excluding hydrogens is 533 g/mol. The maximum Gasteiger partial charge on any atom is 0.271 e. The first-order valence-electron chi connectivity index (χ1n) is 11.4. The lowest BCUT2D eigenvalue weighted by atomic mass is 10.0. The topological polar surface area (TPSA) is 103 Å². The second kappa shape index (κ2) is 11.3. The molecule has 0 saturated heterocycles. The second-order valence-electron chi connectivity index (χ2n) is 8.53. The Morgan fingerprint density at radius 1 is 1.03 bits per heavy atom. The highest BCUT2D eigenvalue weighted by Crippen LogP contribution is 2.34. The standard InChI is InChI=1S/C26H23Cl2N5O3S/c1-15(2)20-6-4-5-7-23(20)32-24(17-8-10-18(27)11-9-17)30-31-26(32)37-16(3)25(34)29-22-13-12-19(33(35)36)14-21(22)28/h4-16H,1-3H3,(H,29,34)/t16-/m0/s1. The first-order valence-corrected chi connectivity index (χ1v) is 13.0. The van der Waals surface area contributed by atoms with Crippen molar-refractivity contribution in [3.8, 4) is 17.1 Å². The molecular formula is C26H23Cl2N5O3S. The molecule has 1 atom stereocenters. The Kier molecular flexibility index (Phi) is 8.16. The van der Waals surface area contributed by atoms with Gasteiger partial charge in [-0.25, -0.2) is 0 Å². The van der Waals surface area contributed by atoms with Crippen LogP contribution in [0.2, 0.25) is 10.0 Å². The van der Waals surface area contributed by atoms with Crippen LogP contribution in [-0.4, -0.2) is 30.8 Å². The molecule has 0 bridgehead atoms. The fourth-order valence-corrected chi connectivity index (χ4v) is 4.90. The Morgan fingerprint density at radius 3 is 2.38 bits per heavy atom. The highest BCUT2D eigenvalue weighted by atomic mass is 35.5. The van der Waals surface area contributed by atoms with Crippen LogP contribution in [0, 0.1) is 10.1 Å². The SMILES string of the molecule is CC(C)c1ccccc1-n1c(S[C@@H](C)C(=O)Nc2ccc([N+](=O)[O-])cc2Cl)nnc1-c1ccc(Cl)cc1. The average molecular weight is 556 g/mol. The molecule has 0 aliphatic rings. The van der Waals surface area contributed by atoms with Gasteiger partial charge in [0.05, 0.1) is 26.6 Å². The number of thioether (sulfide) groups is 1. The van der Waals surface area contributed by atoms with Gasteiger partial charge in [0.15, 0.2) is 11.0 Å². The van der Waals surface area contributed by atoms with E-state index in [1.807, 2.05) is 34.9 Å². The molecule has 0 saturated carbocycles. The van der Waals surface area contributed by atoms with Crippen LogP contribution < -0.4 is 5.32 Å². The van der Waals surface area contributed by atoms with Crippen molar-refractivity contribution in [2.45, 2.75) is 37.1 Å². The molecule has 0 spiro atoms. The van der Waals surface area contributed by atoms with Crippen molar-refractivity contribution < 1.29 is 9.72 Å². The molecule has 37 heavy (non-hydrogen) atoms. The van der Waals surface area contributed by atoms with E-state index in [-0.39, 0.29) is 28.2 Å². The van der Waals surface area contributed by atoms with E-state index >= 15 is 0 Å². The van der Waals surface area contributed by atoms with E-state index in [0.29, 0.717) is 16.0 Å². The number of anilines is 1. The number of nitrogens with zero attached hydrogens (tertiary/aromatic N) is 4. The van der Waals surface area contributed by atoms with Crippen LogP contribution in [0.25, 0.3) is 17.1 Å². The normalized spacial score (nSPS) is 11.9. The van der Waals surface area contributed by atoms with Crippen LogP contribution in [0.1, 0.15) is 32.3 Å². The maximum absolute atomic E-state index is 13.0. The minimum atomic E-state index is -0.585. The zero-order valence-electron chi connectivity index (χ0n) is 20.2. The third-order valence-corrected chi connectivity index (χ3v) is 7.22. The first-order chi connectivity index (χ1) is 17.7. The molecule has 4 rings (SSSR count). The quantitative estimate of drug-likeness (QED) is 0.138. The molecule has 1 aromatic heterocycles. The summed E-state index contributed by atoms with van der Waals surface area (Å²) in [6.07, 6.45) is 0. The molecule has 0 unspecified atom stereocenters. The van der Waals surface area contributed by atoms with E-state index in [0.717, 1.165) is 16.8 Å². The fourth-order valence-electron chi connectivity index (χ4n) is 3.69. The van der Waals surface area contributed by atoms with Crippen molar-refractivity contribution in [2.75, 3.05) is 5.32 Å². The number of hydrogen-bond acceptors (Lipinski definition) is 6. The summed E-state index contributed by atoms with van der Waals surface area (Å²) in [5.41, 5.74) is 2.99. The molecule has 4 aromatic rings. The third kappa shape index (κ3) is 5.95. The summed E-state index contributed by atoms with van der Waals surface area (Å²) in [6.45, 7) is 5.97. The molecule has 1 amide bonds. The lowest BCUT2D eigenvalue weighted by molar-refractivity contribution is -0.384. The monoisotopic (exact) mass is 555 g/mol. The molecule has 0 aliphatic carbocycles. The number of nitro benzene ring substituents is 1. The molecule has 3 aromatic carbocycles. The number of halogens is 2. The number of carbonyl (C=O) groups excluding carboxylic acids is 1. The van der Waals surface area contributed by atoms with Gasteiger partial charge < -0.3 is 5.32 Å². The van der Waals surface area contributed by atoms with E-state index in [4.69, 9.17) is 23.2 Å². The Bertz CT molecular complexity index is 1460. The van der Waals surface area contributed by atoms with Gasteiger partial charge in [-0.3, -0.25) is 19.5 Å². The van der Waals surface area contributed by atoms with Crippen molar-refractivity contribution >= 4 is 52.2 Å². The Balaban J connectivity index is 1.68. The van der Waals surface area contributed by atoms with Gasteiger partial charge in [0.25, 0.3) is 5.69 Å². The van der Waals surface area contributed by atoms with Crippen LogP contribution in [-0.2, 0) is 4.79 Å². The Labute approximate surface area is 228 Å². The van der Waals surface area contributed by atoms with Crippen molar-refractivity contribution in [1.29, 1.82) is 0 Å². The molecule has 0 aliphatic heterocycles. The van der Waals surface area contributed by atoms with Crippen LogP contribution >= 0.6 is 35.0 Å². The van der Waals surface area contributed by atoms with Crippen molar-refractivity contribution in [2.24, 2.45) is 0 Å². The predicted molar refractivity (Wildman–Crippen MR) is 148 cm³/mol. The molecule has 190 valence electrons. The van der Waals surface area contributed by atoms with Gasteiger partial charge in [-0.2, -0.15) is 0 Å². The minimum absolute atomic E-state index is 0.0822. The Morgan fingerprint density at radius 2 is 1.73 bits per heavy atom. The molecule has 11 heteroatoms. The summed E-state index contributed by atoms with van der Waals surface area (Å²) in [7, 11) is 0. The summed E-state index contributed by atoms with van der Waals surface area (Å²) in [5, 5.41) is 23.3. The zero-order chi connectivity index (χ0) is 26.7. The summed E-state index contributed by atoms with van der Waals surface area (Å²) >= 11 is 13.5. The van der Waals surface area contributed by atoms with Gasteiger partial charge in [0.2, 0.25) is 5.91 Å². The maximum atomic E-state index is 13.0. The lowest BCUT2D eigenvalue weighted by Crippen LogP contribution is -2.23. The Hall–Kier alpha value is -3.40. The number of non-ortho nitro benzene ring substituents is 1. The highest BCUT2D eigenvalue weighted by Gasteiger charge is 2.24. The van der Waals surface area contributed by atoms with Crippen molar-refractivity contribution in [3.05, 3.63) is 92.5 Å². The number of carbonyl (C=O) groups is 1. The van der Waals surface area contributed by atoms with Gasteiger partial charge in [0.1, 0.15) is 0 Å². The summed E-state index contributed by atoms with van der Waals surface area (Å²) in [6, 6.07) is 19.2. The molecule has 1 heterocycles. The van der Waals surface area contributed by atoms with Gasteiger partial charge in [-0.05, 0) is 54.8 Å². The third-order valence-electron chi connectivity index (χ3n) is 5.61. The van der Waals surface area contributed by atoms with Gasteiger partial charge in [0, 0.05) is 22.7 Å². The van der Waals surface area contributed by atoms with Gasteiger partial charge >= 0.3 is 0 Å². The van der Waals surface area contributed by atoms with Crippen LogP contribution in [0.4, 0.5) is 11.4 Å². The minimum Gasteiger partial charge on any atom is -0.324 e. The summed E-state index contributed by atoms with van der Waals surface area (Å²) < 4.78 is 1.95. The van der Waals surface area contributed by atoms with Crippen LogP contribution in [0.3, 0.4) is 0 Å². The fraction of sp³-hybridized carbons (Fsp3) is 0.192. The molecule has 0 fully saturated rings. The van der Waals surface area contributed by atoms with E-state index in [9.17, 15) is 14.9 Å². The summed E-state index contributed by atoms with van der Waals surface area (Å²) in [5.74, 6) is 0.526. The number of hydrogen-bond donors (Lipinski definition) is 1. The largest absolute Gasteiger partial charge is 0.324 e. The summed E-state index contributed by atoms with van der Waals surface area (Å²) in [4.78, 5) is 23.5. The predicted octanol–water partition coefficient (Wildman–Crippen LogP) is 7.39. The van der Waals surface area contributed by atoms with Gasteiger partial charge in [-0.15, -0.1) is 10.2 Å². The van der Waals surface area contributed by atoms with Crippen LogP contribution in [0.15, 0.2) is 71.9 Å². The second-order valence-corrected chi connectivity index (χ2v) is 10.7. The number of aromatic nitrogens is 3. The first kappa shape index (κ1) is 26.7. The molecule has 1 N–H and O–H groups in total. The van der Waals surface area contributed by atoms with Crippen molar-refractivity contribution in [1.82, 2.24) is 14.8 Å². The number of benzene rings is 3. The zero-order valence-corrected chi connectivity index (χ0v) is 22.5. The number of nitrogens with one attached hydrogen (secondary N) is 1. The smallest absolute Gasteiger partial charge is 0.271 e. The number of nitro groups is 1. The average Bonchev–Trinajstić information content (AvgIpc) is 3.28. The van der Waals surface area contributed by atoms with E-state index in [2.05, 4.69) is 35.4 Å². The number of rotatable bonds is 8. The lowest BCUT2D eigenvalue weighted by Gasteiger charge is -2.18. The van der Waals surface area contributed by atoms with E-state index in [1.54, 1.807) is 19.1 Å². The number of para-hydroxylation sites is 1. The van der Waals surface area contributed by atoms with E-state index in [1.165, 1.54) is 30.0 Å². The van der Waals surface area contributed by atoms with Crippen molar-refractivity contribution in [3.63, 3.8) is 0 Å². The highest BCUT2D eigenvalue weighted by molar-refractivity contribution is 8.00. The van der Waals surface area contributed by atoms with Crippen LogP contribution in [0.5, 0.6) is 0 Å². The number of amides is 1. The van der Waals surface area contributed by atoms with Gasteiger partial charge in [-0.1, -0.05) is 67.0 Å². The molecule has 0 radical (unpaired) electrons. The van der Waals surface area contributed by atoms with E-state index < -0.39 is 10.2 Å². The molecule has 8 nitrogen and oxygen atoms in total.